The van der Waals surface area contributed by atoms with Crippen molar-refractivity contribution in [1.82, 2.24) is 4.90 Å². The number of ether oxygens (including phenoxy) is 2. The molecule has 0 amide bonds. The number of benzene rings is 2. The van der Waals surface area contributed by atoms with Crippen LogP contribution in [0.15, 0.2) is 48.5 Å². The molecule has 1 aliphatic rings. The van der Waals surface area contributed by atoms with Gasteiger partial charge in [0, 0.05) is 19.6 Å². The predicted molar refractivity (Wildman–Crippen MR) is 79.1 cm³/mol. The number of nitrogens with zero attached hydrogens (tertiary/aromatic N) is 1. The van der Waals surface area contributed by atoms with Crippen LogP contribution < -0.4 is 9.47 Å². The Bertz CT molecular complexity index is 577. The van der Waals surface area contributed by atoms with Gasteiger partial charge in [-0.25, -0.2) is 4.39 Å². The molecule has 1 saturated heterocycles. The zero-order valence-corrected chi connectivity index (χ0v) is 12.0. The van der Waals surface area contributed by atoms with E-state index in [-0.39, 0.29) is 11.9 Å². The zero-order valence-electron chi connectivity index (χ0n) is 12.0. The Morgan fingerprint density at radius 3 is 2.24 bits per heavy atom. The molecule has 1 aliphatic heterocycles. The summed E-state index contributed by atoms with van der Waals surface area (Å²) in [6.45, 7) is 2.62. The first-order valence-electron chi connectivity index (χ1n) is 7.00. The van der Waals surface area contributed by atoms with E-state index in [0.717, 1.165) is 36.7 Å². The molecule has 0 aromatic heterocycles. The lowest BCUT2D eigenvalue weighted by Crippen LogP contribution is -2.53. The average molecular weight is 287 g/mol. The second kappa shape index (κ2) is 6.14. The maximum absolute atomic E-state index is 12.8. The predicted octanol–water partition coefficient (Wildman–Crippen LogP) is 3.10. The number of likely N-dealkylation sites (tertiary alicyclic amines) is 1. The molecule has 3 rings (SSSR count). The van der Waals surface area contributed by atoms with Crippen LogP contribution in [0, 0.1) is 5.82 Å². The fourth-order valence-electron chi connectivity index (χ4n) is 2.42. The summed E-state index contributed by atoms with van der Waals surface area (Å²) in [5.74, 6) is 1.50. The molecule has 1 heterocycles. The topological polar surface area (TPSA) is 21.7 Å². The van der Waals surface area contributed by atoms with Gasteiger partial charge in [0.05, 0.1) is 7.11 Å². The highest BCUT2D eigenvalue weighted by atomic mass is 19.1. The first-order chi connectivity index (χ1) is 10.2. The molecule has 21 heavy (non-hydrogen) atoms. The normalized spacial score (nSPS) is 15.5. The fraction of sp³-hybridized carbons (Fsp3) is 0.294. The Hall–Kier alpha value is -2.07. The third-order valence-corrected chi connectivity index (χ3v) is 3.61. The van der Waals surface area contributed by atoms with Crippen LogP contribution in [0.2, 0.25) is 0 Å². The van der Waals surface area contributed by atoms with Crippen molar-refractivity contribution >= 4 is 0 Å². The molecule has 2 aromatic carbocycles. The Morgan fingerprint density at radius 2 is 1.62 bits per heavy atom. The molecule has 0 aliphatic carbocycles. The Balaban J connectivity index is 1.46. The van der Waals surface area contributed by atoms with Gasteiger partial charge < -0.3 is 9.47 Å². The molecular weight excluding hydrogens is 269 g/mol. The van der Waals surface area contributed by atoms with Crippen molar-refractivity contribution in [2.75, 3.05) is 20.2 Å². The summed E-state index contributed by atoms with van der Waals surface area (Å²) in [4.78, 5) is 2.28. The summed E-state index contributed by atoms with van der Waals surface area (Å²) in [6, 6.07) is 14.3. The fourth-order valence-corrected chi connectivity index (χ4v) is 2.42. The minimum absolute atomic E-state index is 0.192. The quantitative estimate of drug-likeness (QED) is 0.843. The number of methoxy groups -OCH3 is 1. The number of hydrogen-bond donors (Lipinski definition) is 0. The third-order valence-electron chi connectivity index (χ3n) is 3.61. The van der Waals surface area contributed by atoms with Crippen molar-refractivity contribution < 1.29 is 13.9 Å². The largest absolute Gasteiger partial charge is 0.497 e. The maximum atomic E-state index is 12.8. The van der Waals surface area contributed by atoms with Gasteiger partial charge in [-0.05, 0) is 42.0 Å². The Labute approximate surface area is 123 Å². The highest BCUT2D eigenvalue weighted by Crippen LogP contribution is 2.22. The van der Waals surface area contributed by atoms with Crippen LogP contribution in [0.25, 0.3) is 0 Å². The van der Waals surface area contributed by atoms with E-state index in [1.807, 2.05) is 36.4 Å². The lowest BCUT2D eigenvalue weighted by Gasteiger charge is -2.39. The molecule has 0 saturated carbocycles. The molecule has 0 spiro atoms. The van der Waals surface area contributed by atoms with Crippen LogP contribution in [-0.4, -0.2) is 31.2 Å². The summed E-state index contributed by atoms with van der Waals surface area (Å²) in [5.41, 5.74) is 1.12. The second-order valence-corrected chi connectivity index (χ2v) is 5.24. The third kappa shape index (κ3) is 3.52. The lowest BCUT2D eigenvalue weighted by atomic mass is 10.1. The highest BCUT2D eigenvalue weighted by molar-refractivity contribution is 5.31. The van der Waals surface area contributed by atoms with Crippen molar-refractivity contribution in [2.45, 2.75) is 12.6 Å². The zero-order chi connectivity index (χ0) is 14.7. The Kier molecular flexibility index (Phi) is 4.06. The van der Waals surface area contributed by atoms with E-state index in [1.165, 1.54) is 12.1 Å². The molecule has 4 heteroatoms. The van der Waals surface area contributed by atoms with Gasteiger partial charge in [-0.1, -0.05) is 12.1 Å². The summed E-state index contributed by atoms with van der Waals surface area (Å²) < 4.78 is 23.8. The average Bonchev–Trinajstić information content (AvgIpc) is 2.48. The SMILES string of the molecule is COc1ccc(OC2CN(Cc3ccc(F)cc3)C2)cc1. The van der Waals surface area contributed by atoms with Crippen molar-refractivity contribution in [2.24, 2.45) is 0 Å². The summed E-state index contributed by atoms with van der Waals surface area (Å²) in [5, 5.41) is 0. The summed E-state index contributed by atoms with van der Waals surface area (Å²) in [6.07, 6.45) is 0.221. The first-order valence-corrected chi connectivity index (χ1v) is 7.00. The second-order valence-electron chi connectivity index (χ2n) is 5.24. The van der Waals surface area contributed by atoms with Crippen LogP contribution in [0.5, 0.6) is 11.5 Å². The van der Waals surface area contributed by atoms with Gasteiger partial charge in [0.1, 0.15) is 23.4 Å². The smallest absolute Gasteiger partial charge is 0.124 e. The minimum Gasteiger partial charge on any atom is -0.497 e. The first kappa shape index (κ1) is 13.9. The van der Waals surface area contributed by atoms with Crippen molar-refractivity contribution in [3.8, 4) is 11.5 Å². The van der Waals surface area contributed by atoms with Gasteiger partial charge in [0.2, 0.25) is 0 Å². The van der Waals surface area contributed by atoms with Crippen molar-refractivity contribution in [1.29, 1.82) is 0 Å². The van der Waals surface area contributed by atoms with Gasteiger partial charge in [0.25, 0.3) is 0 Å². The highest BCUT2D eigenvalue weighted by Gasteiger charge is 2.28. The standard InChI is InChI=1S/C17H18FNO2/c1-20-15-6-8-16(9-7-15)21-17-11-19(12-17)10-13-2-4-14(18)5-3-13/h2-9,17H,10-12H2,1H3. The molecule has 1 fully saturated rings. The van der Waals surface area contributed by atoms with Gasteiger partial charge >= 0.3 is 0 Å². The molecule has 3 nitrogen and oxygen atoms in total. The van der Waals surface area contributed by atoms with Gasteiger partial charge in [-0.2, -0.15) is 0 Å². The lowest BCUT2D eigenvalue weighted by molar-refractivity contribution is 0.0145. The van der Waals surface area contributed by atoms with Crippen LogP contribution in [-0.2, 0) is 6.54 Å². The molecular formula is C17H18FNO2. The number of halogens is 1. The molecule has 2 aromatic rings. The monoisotopic (exact) mass is 287 g/mol. The number of rotatable bonds is 5. The molecule has 0 atom stereocenters. The van der Waals surface area contributed by atoms with Gasteiger partial charge in [0.15, 0.2) is 0 Å². The van der Waals surface area contributed by atoms with E-state index in [4.69, 9.17) is 9.47 Å². The van der Waals surface area contributed by atoms with E-state index in [9.17, 15) is 4.39 Å². The molecule has 0 N–H and O–H groups in total. The number of hydrogen-bond acceptors (Lipinski definition) is 3. The Morgan fingerprint density at radius 1 is 1.00 bits per heavy atom. The van der Waals surface area contributed by atoms with E-state index in [1.54, 1.807) is 7.11 Å². The van der Waals surface area contributed by atoms with E-state index in [2.05, 4.69) is 4.90 Å². The minimum atomic E-state index is -0.192. The van der Waals surface area contributed by atoms with Crippen LogP contribution in [0.3, 0.4) is 0 Å². The summed E-state index contributed by atoms with van der Waals surface area (Å²) >= 11 is 0. The molecule has 110 valence electrons. The van der Waals surface area contributed by atoms with Crippen LogP contribution in [0.1, 0.15) is 5.56 Å². The van der Waals surface area contributed by atoms with Crippen molar-refractivity contribution in [3.63, 3.8) is 0 Å². The van der Waals surface area contributed by atoms with Gasteiger partial charge in [-0.15, -0.1) is 0 Å². The summed E-state index contributed by atoms with van der Waals surface area (Å²) in [7, 11) is 1.65. The van der Waals surface area contributed by atoms with Crippen molar-refractivity contribution in [3.05, 3.63) is 59.9 Å². The molecule has 0 unspecified atom stereocenters. The van der Waals surface area contributed by atoms with Gasteiger partial charge in [-0.3, -0.25) is 4.90 Å². The van der Waals surface area contributed by atoms with E-state index in [0.29, 0.717) is 0 Å². The van der Waals surface area contributed by atoms with Crippen LogP contribution in [0.4, 0.5) is 4.39 Å². The molecule has 0 bridgehead atoms. The van der Waals surface area contributed by atoms with Crippen LogP contribution >= 0.6 is 0 Å². The molecule has 0 radical (unpaired) electrons. The maximum Gasteiger partial charge on any atom is 0.124 e. The van der Waals surface area contributed by atoms with E-state index >= 15 is 0 Å². The van der Waals surface area contributed by atoms with E-state index < -0.39 is 0 Å².